The number of carbonyl (C=O) groups is 2. The number of esters is 1. The summed E-state index contributed by atoms with van der Waals surface area (Å²) in [5.41, 5.74) is 2.89. The van der Waals surface area contributed by atoms with Crippen LogP contribution in [0.5, 0.6) is 5.75 Å². The second-order valence-electron chi connectivity index (χ2n) is 6.05. The summed E-state index contributed by atoms with van der Waals surface area (Å²) in [4.78, 5) is 25.5. The van der Waals surface area contributed by atoms with E-state index < -0.39 is 5.97 Å². The Morgan fingerprint density at radius 1 is 1.04 bits per heavy atom. The maximum absolute atomic E-state index is 11.8. The molecule has 0 atom stereocenters. The molecule has 0 aliphatic heterocycles. The molecule has 0 saturated heterocycles. The second-order valence-corrected chi connectivity index (χ2v) is 6.05. The van der Waals surface area contributed by atoms with Crippen LogP contribution in [-0.4, -0.2) is 39.7 Å². The molecule has 0 radical (unpaired) electrons. The van der Waals surface area contributed by atoms with Crippen molar-refractivity contribution in [3.05, 3.63) is 65.7 Å². The van der Waals surface area contributed by atoms with Gasteiger partial charge in [-0.25, -0.2) is 4.79 Å². The summed E-state index contributed by atoms with van der Waals surface area (Å²) < 4.78 is 10.0. The molecule has 0 fully saturated rings. The first kappa shape index (κ1) is 20.0. The Kier molecular flexibility index (Phi) is 7.43. The van der Waals surface area contributed by atoms with E-state index in [-0.39, 0.29) is 12.5 Å². The van der Waals surface area contributed by atoms with E-state index in [1.807, 2.05) is 55.4 Å². The van der Waals surface area contributed by atoms with Gasteiger partial charge < -0.3 is 19.7 Å². The number of ether oxygens (including phenoxy) is 2. The smallest absolute Gasteiger partial charge is 0.331 e. The molecule has 2 aromatic carbocycles. The maximum Gasteiger partial charge on any atom is 0.331 e. The van der Waals surface area contributed by atoms with Crippen LogP contribution in [0.4, 0.5) is 5.69 Å². The Morgan fingerprint density at radius 3 is 2.30 bits per heavy atom. The van der Waals surface area contributed by atoms with E-state index in [0.29, 0.717) is 6.54 Å². The number of amides is 1. The molecule has 0 unspecified atom stereocenters. The predicted octanol–water partition coefficient (Wildman–Crippen LogP) is 2.63. The first-order valence-electron chi connectivity index (χ1n) is 8.50. The van der Waals surface area contributed by atoms with E-state index in [0.717, 1.165) is 22.6 Å². The molecule has 142 valence electrons. The van der Waals surface area contributed by atoms with Crippen molar-refractivity contribution < 1.29 is 19.1 Å². The third-order valence-electron chi connectivity index (χ3n) is 3.82. The molecule has 6 heteroatoms. The van der Waals surface area contributed by atoms with E-state index in [9.17, 15) is 9.59 Å². The average Bonchev–Trinajstić information content (AvgIpc) is 2.69. The van der Waals surface area contributed by atoms with E-state index in [4.69, 9.17) is 9.47 Å². The van der Waals surface area contributed by atoms with Crippen molar-refractivity contribution >= 4 is 23.6 Å². The topological polar surface area (TPSA) is 67.9 Å². The monoisotopic (exact) mass is 368 g/mol. The number of hydrogen-bond acceptors (Lipinski definition) is 5. The van der Waals surface area contributed by atoms with Crippen LogP contribution in [-0.2, 0) is 20.9 Å². The van der Waals surface area contributed by atoms with Gasteiger partial charge in [0.25, 0.3) is 5.91 Å². The van der Waals surface area contributed by atoms with Gasteiger partial charge >= 0.3 is 5.97 Å². The lowest BCUT2D eigenvalue weighted by Gasteiger charge is -2.12. The molecule has 2 rings (SSSR count). The van der Waals surface area contributed by atoms with Gasteiger partial charge in [-0.3, -0.25) is 4.79 Å². The van der Waals surface area contributed by atoms with Crippen molar-refractivity contribution in [3.63, 3.8) is 0 Å². The Hall–Kier alpha value is -3.28. The van der Waals surface area contributed by atoms with Crippen LogP contribution < -0.4 is 15.0 Å². The molecule has 0 aromatic heterocycles. The lowest BCUT2D eigenvalue weighted by atomic mass is 10.2. The zero-order chi connectivity index (χ0) is 19.6. The van der Waals surface area contributed by atoms with E-state index >= 15 is 0 Å². The van der Waals surface area contributed by atoms with Crippen molar-refractivity contribution in [3.8, 4) is 5.75 Å². The van der Waals surface area contributed by atoms with Crippen molar-refractivity contribution in [2.45, 2.75) is 6.54 Å². The van der Waals surface area contributed by atoms with Crippen LogP contribution in [0, 0.1) is 0 Å². The number of carbonyl (C=O) groups excluding carboxylic acids is 2. The SMILES string of the molecule is COc1ccc(/C=C/C(=O)OCC(=O)NCc2ccc(N(C)C)cc2)cc1. The van der Waals surface area contributed by atoms with Crippen LogP contribution >= 0.6 is 0 Å². The van der Waals surface area contributed by atoms with Crippen LogP contribution in [0.3, 0.4) is 0 Å². The average molecular weight is 368 g/mol. The van der Waals surface area contributed by atoms with Crippen LogP contribution in [0.2, 0.25) is 0 Å². The summed E-state index contributed by atoms with van der Waals surface area (Å²) in [5, 5.41) is 2.72. The van der Waals surface area contributed by atoms with Crippen LogP contribution in [0.15, 0.2) is 54.6 Å². The molecular weight excluding hydrogens is 344 g/mol. The molecule has 1 N–H and O–H groups in total. The highest BCUT2D eigenvalue weighted by Crippen LogP contribution is 2.13. The van der Waals surface area contributed by atoms with Crippen molar-refractivity contribution in [1.29, 1.82) is 0 Å². The lowest BCUT2D eigenvalue weighted by Crippen LogP contribution is -2.28. The number of anilines is 1. The van der Waals surface area contributed by atoms with Gasteiger partial charge in [-0.2, -0.15) is 0 Å². The van der Waals surface area contributed by atoms with E-state index in [2.05, 4.69) is 5.32 Å². The molecule has 2 aromatic rings. The minimum absolute atomic E-state index is 0.318. The molecule has 0 aliphatic carbocycles. The normalized spacial score (nSPS) is 10.5. The fraction of sp³-hybridized carbons (Fsp3) is 0.238. The number of benzene rings is 2. The van der Waals surface area contributed by atoms with Crippen molar-refractivity contribution in [2.24, 2.45) is 0 Å². The first-order chi connectivity index (χ1) is 13.0. The molecule has 0 aliphatic rings. The summed E-state index contributed by atoms with van der Waals surface area (Å²) in [7, 11) is 5.52. The quantitative estimate of drug-likeness (QED) is 0.573. The zero-order valence-corrected chi connectivity index (χ0v) is 15.8. The van der Waals surface area contributed by atoms with Gasteiger partial charge in [-0.15, -0.1) is 0 Å². The van der Waals surface area contributed by atoms with Crippen LogP contribution in [0.1, 0.15) is 11.1 Å². The van der Waals surface area contributed by atoms with E-state index in [1.165, 1.54) is 6.08 Å². The van der Waals surface area contributed by atoms with Gasteiger partial charge in [-0.1, -0.05) is 24.3 Å². The number of nitrogens with zero attached hydrogens (tertiary/aromatic N) is 1. The summed E-state index contributed by atoms with van der Waals surface area (Å²) in [6.07, 6.45) is 2.90. The fourth-order valence-corrected chi connectivity index (χ4v) is 2.23. The molecule has 1 amide bonds. The summed E-state index contributed by atoms with van der Waals surface area (Å²) >= 11 is 0. The summed E-state index contributed by atoms with van der Waals surface area (Å²) in [5.74, 6) is -0.183. The largest absolute Gasteiger partial charge is 0.497 e. The van der Waals surface area contributed by atoms with Gasteiger partial charge in [-0.05, 0) is 41.5 Å². The minimum Gasteiger partial charge on any atom is -0.497 e. The molecule has 0 heterocycles. The van der Waals surface area contributed by atoms with Gasteiger partial charge in [0.15, 0.2) is 6.61 Å². The van der Waals surface area contributed by atoms with Crippen molar-refractivity contribution in [1.82, 2.24) is 5.32 Å². The molecule has 0 saturated carbocycles. The van der Waals surface area contributed by atoms with Crippen molar-refractivity contribution in [2.75, 3.05) is 32.7 Å². The second kappa shape index (κ2) is 10.0. The number of nitrogens with one attached hydrogen (secondary N) is 1. The van der Waals surface area contributed by atoms with Gasteiger partial charge in [0.2, 0.25) is 0 Å². The first-order valence-corrected chi connectivity index (χ1v) is 8.50. The maximum atomic E-state index is 11.8. The third kappa shape index (κ3) is 6.86. The van der Waals surface area contributed by atoms with E-state index in [1.54, 1.807) is 25.3 Å². The fourth-order valence-electron chi connectivity index (χ4n) is 2.23. The summed E-state index contributed by atoms with van der Waals surface area (Å²) in [6.45, 7) is 0.0628. The number of hydrogen-bond donors (Lipinski definition) is 1. The number of rotatable bonds is 8. The van der Waals surface area contributed by atoms with Gasteiger partial charge in [0.05, 0.1) is 7.11 Å². The minimum atomic E-state index is -0.573. The van der Waals surface area contributed by atoms with Crippen LogP contribution in [0.25, 0.3) is 6.08 Å². The molecule has 27 heavy (non-hydrogen) atoms. The predicted molar refractivity (Wildman–Crippen MR) is 106 cm³/mol. The molecule has 6 nitrogen and oxygen atoms in total. The van der Waals surface area contributed by atoms with Gasteiger partial charge in [0.1, 0.15) is 5.75 Å². The standard InChI is InChI=1S/C21H24N2O4/c1-23(2)18-9-4-17(5-10-18)14-22-20(24)15-27-21(25)13-8-16-6-11-19(26-3)12-7-16/h4-13H,14-15H2,1-3H3,(H,22,24)/b13-8+. The Bertz CT molecular complexity index is 781. The Balaban J connectivity index is 1.72. The highest BCUT2D eigenvalue weighted by molar-refractivity contribution is 5.89. The molecular formula is C21H24N2O4. The molecule has 0 spiro atoms. The number of methoxy groups -OCH3 is 1. The van der Waals surface area contributed by atoms with Gasteiger partial charge in [0, 0.05) is 32.4 Å². The molecule has 0 bridgehead atoms. The zero-order valence-electron chi connectivity index (χ0n) is 15.8. The highest BCUT2D eigenvalue weighted by atomic mass is 16.5. The highest BCUT2D eigenvalue weighted by Gasteiger charge is 2.05. The lowest BCUT2D eigenvalue weighted by molar-refractivity contribution is -0.143. The Morgan fingerprint density at radius 2 is 1.70 bits per heavy atom. The Labute approximate surface area is 159 Å². The summed E-state index contributed by atoms with van der Waals surface area (Å²) in [6, 6.07) is 15.1. The third-order valence-corrected chi connectivity index (χ3v) is 3.82.